The Kier molecular flexibility index (Phi) is 5.89. The number of carbonyl (C=O) groups is 1. The van der Waals surface area contributed by atoms with Crippen LogP contribution in [0.25, 0.3) is 10.2 Å². The molecule has 5 nitrogen and oxygen atoms in total. The number of rotatable bonds is 6. The predicted molar refractivity (Wildman–Crippen MR) is 109 cm³/mol. The van der Waals surface area contributed by atoms with Crippen LogP contribution in [0.2, 0.25) is 0 Å². The maximum atomic E-state index is 13.9. The molecule has 2 aromatic carbocycles. The fourth-order valence-electron chi connectivity index (χ4n) is 3.39. The maximum Gasteiger partial charge on any atom is 0.223 e. The van der Waals surface area contributed by atoms with Crippen LogP contribution in [0.4, 0.5) is 13.9 Å². The first kappa shape index (κ1) is 19.6. The highest BCUT2D eigenvalue weighted by Gasteiger charge is 2.26. The Labute approximate surface area is 171 Å². The number of nitrogens with zero attached hydrogens (tertiary/aromatic N) is 2. The normalized spacial score (nSPS) is 14.9. The number of carbonyl (C=O) groups excluding carboxylic acids is 1. The summed E-state index contributed by atoms with van der Waals surface area (Å²) in [7, 11) is 0. The van der Waals surface area contributed by atoms with Gasteiger partial charge in [-0.2, -0.15) is 0 Å². The summed E-state index contributed by atoms with van der Waals surface area (Å²) in [5, 5.41) is 3.70. The van der Waals surface area contributed by atoms with Gasteiger partial charge in [0.15, 0.2) is 5.13 Å². The van der Waals surface area contributed by atoms with E-state index in [0.29, 0.717) is 37.5 Å². The third-order valence-electron chi connectivity index (χ3n) is 4.98. The fraction of sp³-hybridized carbons (Fsp3) is 0.333. The Morgan fingerprint density at radius 1 is 1.17 bits per heavy atom. The number of fused-ring (bicyclic) bond motifs is 1. The molecule has 3 aromatic rings. The van der Waals surface area contributed by atoms with Crippen LogP contribution in [0.1, 0.15) is 12.8 Å². The number of thiazole rings is 1. The molecule has 1 aliphatic rings. The molecule has 1 fully saturated rings. The van der Waals surface area contributed by atoms with Gasteiger partial charge in [0, 0.05) is 19.0 Å². The SMILES string of the molecule is O=C(NCCOc1ccc(F)cc1)C1CCN(c2nc3c(F)cccc3s2)CC1. The van der Waals surface area contributed by atoms with E-state index in [1.165, 1.54) is 29.5 Å². The molecule has 4 rings (SSSR count). The van der Waals surface area contributed by atoms with E-state index < -0.39 is 0 Å². The first-order valence-electron chi connectivity index (χ1n) is 9.56. The Morgan fingerprint density at radius 2 is 1.93 bits per heavy atom. The van der Waals surface area contributed by atoms with Gasteiger partial charge in [0.1, 0.15) is 29.5 Å². The fourth-order valence-corrected chi connectivity index (χ4v) is 4.42. The average molecular weight is 417 g/mol. The minimum atomic E-state index is -0.312. The first-order chi connectivity index (χ1) is 14.1. The molecule has 2 heterocycles. The van der Waals surface area contributed by atoms with E-state index in [1.54, 1.807) is 18.2 Å². The van der Waals surface area contributed by atoms with Crippen LogP contribution in [0.15, 0.2) is 42.5 Å². The van der Waals surface area contributed by atoms with Gasteiger partial charge >= 0.3 is 0 Å². The lowest BCUT2D eigenvalue weighted by Gasteiger charge is -2.31. The molecule has 0 aliphatic carbocycles. The smallest absolute Gasteiger partial charge is 0.223 e. The van der Waals surface area contributed by atoms with Crippen molar-refractivity contribution in [2.45, 2.75) is 12.8 Å². The van der Waals surface area contributed by atoms with E-state index in [0.717, 1.165) is 22.7 Å². The highest BCUT2D eigenvalue weighted by atomic mass is 32.1. The quantitative estimate of drug-likeness (QED) is 0.617. The van der Waals surface area contributed by atoms with Crippen LogP contribution in [-0.4, -0.2) is 37.1 Å². The number of piperidine rings is 1. The Hall–Kier alpha value is -2.74. The summed E-state index contributed by atoms with van der Waals surface area (Å²) in [4.78, 5) is 18.9. The minimum Gasteiger partial charge on any atom is -0.492 e. The van der Waals surface area contributed by atoms with E-state index >= 15 is 0 Å². The second-order valence-electron chi connectivity index (χ2n) is 6.94. The average Bonchev–Trinajstić information content (AvgIpc) is 3.18. The van der Waals surface area contributed by atoms with Crippen LogP contribution in [0, 0.1) is 17.6 Å². The summed E-state index contributed by atoms with van der Waals surface area (Å²) in [5.74, 6) is -0.0813. The molecule has 0 bridgehead atoms. The van der Waals surface area contributed by atoms with Gasteiger partial charge < -0.3 is 15.0 Å². The molecule has 29 heavy (non-hydrogen) atoms. The molecule has 1 N–H and O–H groups in total. The van der Waals surface area contributed by atoms with Crippen LogP contribution >= 0.6 is 11.3 Å². The molecule has 1 amide bonds. The van der Waals surface area contributed by atoms with Gasteiger partial charge in [-0.05, 0) is 49.2 Å². The van der Waals surface area contributed by atoms with Gasteiger partial charge in [0.25, 0.3) is 0 Å². The zero-order chi connectivity index (χ0) is 20.2. The molecule has 8 heteroatoms. The standard InChI is InChI=1S/C21H21F2N3O2S/c22-15-4-6-16(7-5-15)28-13-10-24-20(27)14-8-11-26(12-9-14)21-25-19-17(23)2-1-3-18(19)29-21/h1-7,14H,8-13H2,(H,24,27). The van der Waals surface area contributed by atoms with E-state index in [4.69, 9.17) is 4.74 Å². The third-order valence-corrected chi connectivity index (χ3v) is 6.06. The zero-order valence-corrected chi connectivity index (χ0v) is 16.6. The van der Waals surface area contributed by atoms with Crippen LogP contribution < -0.4 is 15.0 Å². The lowest BCUT2D eigenvalue weighted by molar-refractivity contribution is -0.125. The molecule has 152 valence electrons. The molecule has 0 atom stereocenters. The van der Waals surface area contributed by atoms with E-state index in [9.17, 15) is 13.6 Å². The molecular weight excluding hydrogens is 396 g/mol. The summed E-state index contributed by atoms with van der Waals surface area (Å²) in [6.07, 6.45) is 1.45. The number of aromatic nitrogens is 1. The second-order valence-corrected chi connectivity index (χ2v) is 7.95. The van der Waals surface area contributed by atoms with Crippen molar-refractivity contribution >= 4 is 32.6 Å². The van der Waals surface area contributed by atoms with Crippen molar-refractivity contribution in [3.8, 4) is 5.75 Å². The topological polar surface area (TPSA) is 54.5 Å². The molecule has 0 saturated carbocycles. The lowest BCUT2D eigenvalue weighted by Crippen LogP contribution is -2.41. The van der Waals surface area contributed by atoms with Crippen molar-refractivity contribution in [2.75, 3.05) is 31.1 Å². The van der Waals surface area contributed by atoms with Crippen molar-refractivity contribution in [1.29, 1.82) is 0 Å². The van der Waals surface area contributed by atoms with Crippen molar-refractivity contribution in [3.05, 3.63) is 54.1 Å². The summed E-state index contributed by atoms with van der Waals surface area (Å²) in [5.41, 5.74) is 0.411. The van der Waals surface area contributed by atoms with E-state index in [-0.39, 0.29) is 23.5 Å². The number of hydrogen-bond donors (Lipinski definition) is 1. The number of para-hydroxylation sites is 1. The highest BCUT2D eigenvalue weighted by Crippen LogP contribution is 2.32. The van der Waals surface area contributed by atoms with Gasteiger partial charge in [-0.15, -0.1) is 0 Å². The number of anilines is 1. The summed E-state index contributed by atoms with van der Waals surface area (Å²) in [6, 6.07) is 10.8. The van der Waals surface area contributed by atoms with Crippen molar-refractivity contribution < 1.29 is 18.3 Å². The Balaban J connectivity index is 1.23. The molecular formula is C21H21F2N3O2S. The molecule has 0 spiro atoms. The highest BCUT2D eigenvalue weighted by molar-refractivity contribution is 7.22. The molecule has 1 saturated heterocycles. The van der Waals surface area contributed by atoms with E-state index in [1.807, 2.05) is 6.07 Å². The largest absolute Gasteiger partial charge is 0.492 e. The van der Waals surface area contributed by atoms with Gasteiger partial charge in [-0.25, -0.2) is 13.8 Å². The number of hydrogen-bond acceptors (Lipinski definition) is 5. The predicted octanol–water partition coefficient (Wildman–Crippen LogP) is 3.99. The minimum absolute atomic E-state index is 0.0164. The first-order valence-corrected chi connectivity index (χ1v) is 10.4. The number of halogens is 2. The van der Waals surface area contributed by atoms with Crippen molar-refractivity contribution in [1.82, 2.24) is 10.3 Å². The van der Waals surface area contributed by atoms with Crippen LogP contribution in [0.3, 0.4) is 0 Å². The number of nitrogens with one attached hydrogen (secondary N) is 1. The monoisotopic (exact) mass is 417 g/mol. The zero-order valence-electron chi connectivity index (χ0n) is 15.7. The summed E-state index contributed by atoms with van der Waals surface area (Å²) in [6.45, 7) is 2.15. The number of ether oxygens (including phenoxy) is 1. The lowest BCUT2D eigenvalue weighted by atomic mass is 9.96. The number of benzene rings is 2. The maximum absolute atomic E-state index is 13.9. The molecule has 1 aromatic heterocycles. The summed E-state index contributed by atoms with van der Waals surface area (Å²) < 4.78 is 33.0. The molecule has 0 radical (unpaired) electrons. The third kappa shape index (κ3) is 4.64. The Morgan fingerprint density at radius 3 is 2.66 bits per heavy atom. The van der Waals surface area contributed by atoms with Crippen molar-refractivity contribution in [2.24, 2.45) is 5.92 Å². The van der Waals surface area contributed by atoms with Crippen molar-refractivity contribution in [3.63, 3.8) is 0 Å². The summed E-state index contributed by atoms with van der Waals surface area (Å²) >= 11 is 1.48. The van der Waals surface area contributed by atoms with Gasteiger partial charge in [0.05, 0.1) is 11.2 Å². The van der Waals surface area contributed by atoms with Gasteiger partial charge in [-0.3, -0.25) is 4.79 Å². The van der Waals surface area contributed by atoms with Gasteiger partial charge in [-0.1, -0.05) is 17.4 Å². The molecule has 0 unspecified atom stereocenters. The molecule has 1 aliphatic heterocycles. The van der Waals surface area contributed by atoms with Crippen LogP contribution in [0.5, 0.6) is 5.75 Å². The van der Waals surface area contributed by atoms with Crippen LogP contribution in [-0.2, 0) is 4.79 Å². The Bertz CT molecular complexity index is 985. The number of amides is 1. The second kappa shape index (κ2) is 8.73. The van der Waals surface area contributed by atoms with E-state index in [2.05, 4.69) is 15.2 Å². The van der Waals surface area contributed by atoms with Gasteiger partial charge in [0.2, 0.25) is 5.91 Å².